The van der Waals surface area contributed by atoms with Gasteiger partial charge >= 0.3 is 0 Å². The van der Waals surface area contributed by atoms with Crippen LogP contribution in [0, 0.1) is 11.8 Å². The average Bonchev–Trinajstić information content (AvgIpc) is 2.37. The van der Waals surface area contributed by atoms with E-state index >= 15 is 0 Å². The van der Waals surface area contributed by atoms with E-state index in [0.717, 1.165) is 0 Å². The zero-order chi connectivity index (χ0) is 6.43. The molecule has 10 heavy (non-hydrogen) atoms. The van der Waals surface area contributed by atoms with Crippen LogP contribution in [-0.4, -0.2) is 17.3 Å². The van der Waals surface area contributed by atoms with E-state index in [4.69, 9.17) is 5.73 Å². The Balaban J connectivity index is 0.000000500. The smallest absolute Gasteiger partial charge is 0.0721 e. The van der Waals surface area contributed by atoms with Crippen LogP contribution in [0.5, 0.6) is 0 Å². The second-order valence-corrected chi connectivity index (χ2v) is 3.40. The van der Waals surface area contributed by atoms with Gasteiger partial charge in [0, 0.05) is 6.04 Å². The van der Waals surface area contributed by atoms with Crippen molar-refractivity contribution < 1.29 is 5.11 Å². The van der Waals surface area contributed by atoms with Crippen molar-refractivity contribution >= 4 is 12.4 Å². The second-order valence-electron chi connectivity index (χ2n) is 3.40. The molecule has 2 nitrogen and oxygen atoms in total. The van der Waals surface area contributed by atoms with Crippen molar-refractivity contribution in [3.05, 3.63) is 0 Å². The molecule has 0 aromatic rings. The summed E-state index contributed by atoms with van der Waals surface area (Å²) < 4.78 is 0. The van der Waals surface area contributed by atoms with Crippen molar-refractivity contribution in [2.45, 2.75) is 31.4 Å². The number of hydrogen-bond donors (Lipinski definition) is 2. The molecule has 3 heteroatoms. The van der Waals surface area contributed by atoms with Gasteiger partial charge < -0.3 is 10.8 Å². The molecule has 0 heterocycles. The molecule has 2 rings (SSSR count). The average molecular weight is 164 g/mol. The summed E-state index contributed by atoms with van der Waals surface area (Å²) in [6, 6.07) is 0.101. The molecule has 2 bridgehead atoms. The first-order chi connectivity index (χ1) is 4.29. The van der Waals surface area contributed by atoms with Gasteiger partial charge in [-0.15, -0.1) is 12.4 Å². The lowest BCUT2D eigenvalue weighted by atomic mass is 9.94. The van der Waals surface area contributed by atoms with Crippen molar-refractivity contribution in [3.8, 4) is 0 Å². The molecule has 2 fully saturated rings. The monoisotopic (exact) mass is 163 g/mol. The molecule has 0 saturated heterocycles. The first kappa shape index (κ1) is 8.31. The largest absolute Gasteiger partial charge is 0.391 e. The Labute approximate surface area is 67.2 Å². The molecule has 0 unspecified atom stereocenters. The van der Waals surface area contributed by atoms with Gasteiger partial charge in [-0.05, 0) is 31.1 Å². The standard InChI is InChI=1S/C7H13NO.ClH/c8-6-4-1-2-5(3-4)7(6)9;/h4-7,9H,1-3,8H2;1H/t4-,5+,6-,7-;/m1./s1. The summed E-state index contributed by atoms with van der Waals surface area (Å²) in [7, 11) is 0. The van der Waals surface area contributed by atoms with E-state index < -0.39 is 0 Å². The number of hydrogen-bond acceptors (Lipinski definition) is 2. The Hall–Kier alpha value is 0.210. The van der Waals surface area contributed by atoms with Crippen LogP contribution in [0.1, 0.15) is 19.3 Å². The third-order valence-electron chi connectivity index (χ3n) is 2.94. The number of aliphatic hydroxyl groups excluding tert-OH is 1. The van der Waals surface area contributed by atoms with E-state index in [2.05, 4.69) is 0 Å². The Morgan fingerprint density at radius 2 is 1.80 bits per heavy atom. The molecule has 2 saturated carbocycles. The zero-order valence-electron chi connectivity index (χ0n) is 5.86. The fourth-order valence-electron chi connectivity index (χ4n) is 2.31. The van der Waals surface area contributed by atoms with Gasteiger partial charge in [-0.1, -0.05) is 0 Å². The Kier molecular flexibility index (Phi) is 2.23. The fraction of sp³-hybridized carbons (Fsp3) is 1.00. The predicted octanol–water partition coefficient (Wildman–Crippen LogP) is 0.526. The van der Waals surface area contributed by atoms with Crippen LogP contribution in [0.3, 0.4) is 0 Å². The molecular weight excluding hydrogens is 150 g/mol. The highest BCUT2D eigenvalue weighted by atomic mass is 35.5. The molecule has 0 radical (unpaired) electrons. The van der Waals surface area contributed by atoms with Gasteiger partial charge in [-0.3, -0.25) is 0 Å². The predicted molar refractivity (Wildman–Crippen MR) is 42.1 cm³/mol. The van der Waals surface area contributed by atoms with E-state index in [1.165, 1.54) is 19.3 Å². The molecule has 4 atom stereocenters. The first-order valence-electron chi connectivity index (χ1n) is 3.72. The molecule has 0 aromatic heterocycles. The number of fused-ring (bicyclic) bond motifs is 2. The summed E-state index contributed by atoms with van der Waals surface area (Å²) in [5.74, 6) is 1.19. The molecule has 2 aliphatic carbocycles. The highest BCUT2D eigenvalue weighted by Crippen LogP contribution is 2.43. The lowest BCUT2D eigenvalue weighted by Crippen LogP contribution is -2.39. The summed E-state index contributed by atoms with van der Waals surface area (Å²) in [5.41, 5.74) is 5.71. The van der Waals surface area contributed by atoms with E-state index in [9.17, 15) is 5.11 Å². The van der Waals surface area contributed by atoms with Crippen LogP contribution in [0.25, 0.3) is 0 Å². The topological polar surface area (TPSA) is 46.2 Å². The van der Waals surface area contributed by atoms with Crippen molar-refractivity contribution in [3.63, 3.8) is 0 Å². The maximum Gasteiger partial charge on any atom is 0.0721 e. The number of rotatable bonds is 0. The van der Waals surface area contributed by atoms with E-state index in [1.807, 2.05) is 0 Å². The molecule has 0 aromatic carbocycles. The van der Waals surface area contributed by atoms with Crippen molar-refractivity contribution in [1.29, 1.82) is 0 Å². The number of halogens is 1. The van der Waals surface area contributed by atoms with Gasteiger partial charge in [0.1, 0.15) is 0 Å². The van der Waals surface area contributed by atoms with E-state index in [-0.39, 0.29) is 24.6 Å². The second kappa shape index (κ2) is 2.68. The third kappa shape index (κ3) is 0.949. The minimum absolute atomic E-state index is 0. The highest BCUT2D eigenvalue weighted by Gasteiger charge is 2.44. The summed E-state index contributed by atoms with van der Waals surface area (Å²) in [6.07, 6.45) is 3.47. The van der Waals surface area contributed by atoms with Crippen LogP contribution in [-0.2, 0) is 0 Å². The van der Waals surface area contributed by atoms with E-state index in [0.29, 0.717) is 11.8 Å². The molecule has 0 aliphatic heterocycles. The van der Waals surface area contributed by atoms with Crippen LogP contribution in [0.2, 0.25) is 0 Å². The van der Waals surface area contributed by atoms with Crippen molar-refractivity contribution in [2.24, 2.45) is 17.6 Å². The van der Waals surface area contributed by atoms with Gasteiger partial charge in [0.15, 0.2) is 0 Å². The van der Waals surface area contributed by atoms with Gasteiger partial charge in [0.25, 0.3) is 0 Å². The van der Waals surface area contributed by atoms with Crippen LogP contribution < -0.4 is 5.73 Å². The third-order valence-corrected chi connectivity index (χ3v) is 2.94. The minimum Gasteiger partial charge on any atom is -0.391 e. The number of nitrogens with two attached hydrogens (primary N) is 1. The maximum absolute atomic E-state index is 9.36. The van der Waals surface area contributed by atoms with Crippen LogP contribution in [0.15, 0.2) is 0 Å². The lowest BCUT2D eigenvalue weighted by Gasteiger charge is -2.22. The molecule has 0 amide bonds. The summed E-state index contributed by atoms with van der Waals surface area (Å²) >= 11 is 0. The van der Waals surface area contributed by atoms with Gasteiger partial charge in [-0.2, -0.15) is 0 Å². The summed E-state index contributed by atoms with van der Waals surface area (Å²) in [6.45, 7) is 0. The van der Waals surface area contributed by atoms with Crippen molar-refractivity contribution in [1.82, 2.24) is 0 Å². The lowest BCUT2D eigenvalue weighted by molar-refractivity contribution is 0.0944. The quantitative estimate of drug-likeness (QED) is 0.547. The zero-order valence-corrected chi connectivity index (χ0v) is 6.68. The molecule has 0 spiro atoms. The van der Waals surface area contributed by atoms with Crippen molar-refractivity contribution in [2.75, 3.05) is 0 Å². The minimum atomic E-state index is -0.177. The first-order valence-corrected chi connectivity index (χ1v) is 3.72. The SMILES string of the molecule is Cl.N[C@@H]1[C@@H]2CC[C@@H](C2)[C@H]1O. The van der Waals surface area contributed by atoms with Crippen LogP contribution in [0.4, 0.5) is 0 Å². The molecule has 60 valence electrons. The van der Waals surface area contributed by atoms with E-state index in [1.54, 1.807) is 0 Å². The van der Waals surface area contributed by atoms with Gasteiger partial charge in [0.2, 0.25) is 0 Å². The van der Waals surface area contributed by atoms with Gasteiger partial charge in [-0.25, -0.2) is 0 Å². The Morgan fingerprint density at radius 3 is 2.10 bits per heavy atom. The fourth-order valence-corrected chi connectivity index (χ4v) is 2.31. The number of aliphatic hydroxyl groups is 1. The highest BCUT2D eigenvalue weighted by molar-refractivity contribution is 5.85. The molecule has 2 aliphatic rings. The van der Waals surface area contributed by atoms with Crippen LogP contribution >= 0.6 is 12.4 Å². The summed E-state index contributed by atoms with van der Waals surface area (Å²) in [5, 5.41) is 9.36. The Bertz CT molecular complexity index is 113. The normalized spacial score (nSPS) is 51.0. The Morgan fingerprint density at radius 1 is 1.20 bits per heavy atom. The molecular formula is C7H14ClNO. The van der Waals surface area contributed by atoms with Gasteiger partial charge in [0.05, 0.1) is 6.10 Å². The summed E-state index contributed by atoms with van der Waals surface area (Å²) in [4.78, 5) is 0. The molecule has 3 N–H and O–H groups in total. The maximum atomic E-state index is 9.36.